The largest absolute Gasteiger partial charge is 0.398 e. The first-order valence-corrected chi connectivity index (χ1v) is 6.76. The molecule has 1 unspecified atom stereocenters. The van der Waals surface area contributed by atoms with E-state index in [0.717, 1.165) is 49.1 Å². The number of likely N-dealkylation sites (tertiary alicyclic amines) is 1. The number of pyridine rings is 1. The monoisotopic (exact) mass is 257 g/mol. The Bertz CT molecular complexity index is 585. The van der Waals surface area contributed by atoms with E-state index in [1.165, 1.54) is 5.56 Å². The zero-order valence-electron chi connectivity index (χ0n) is 10.9. The molecule has 0 amide bonds. The van der Waals surface area contributed by atoms with Crippen molar-refractivity contribution in [2.45, 2.75) is 25.5 Å². The summed E-state index contributed by atoms with van der Waals surface area (Å²) in [5, 5.41) is 10.7. The van der Waals surface area contributed by atoms with Gasteiger partial charge in [-0.15, -0.1) is 0 Å². The van der Waals surface area contributed by atoms with Gasteiger partial charge in [0.25, 0.3) is 0 Å². The summed E-state index contributed by atoms with van der Waals surface area (Å²) in [6.07, 6.45) is 3.58. The summed E-state index contributed by atoms with van der Waals surface area (Å²) in [5.41, 5.74) is 8.91. The van der Waals surface area contributed by atoms with Gasteiger partial charge in [0.05, 0.1) is 11.6 Å². The first-order chi connectivity index (χ1) is 9.24. The normalized spacial score (nSPS) is 20.8. The number of rotatable bonds is 2. The zero-order valence-corrected chi connectivity index (χ0v) is 10.9. The van der Waals surface area contributed by atoms with Gasteiger partial charge in [-0.2, -0.15) is 0 Å². The second-order valence-electron chi connectivity index (χ2n) is 5.24. The lowest BCUT2D eigenvalue weighted by Gasteiger charge is -2.30. The highest BCUT2D eigenvalue weighted by Crippen LogP contribution is 2.24. The van der Waals surface area contributed by atoms with E-state index < -0.39 is 0 Å². The standard InChI is InChI=1S/C15H19N3O/c16-14-6-5-11(15-13(14)4-1-7-17-15)9-18-8-2-3-12(19)10-18/h1,4-7,12,19H,2-3,8-10,16H2. The molecular formula is C15H19N3O. The van der Waals surface area contributed by atoms with Crippen LogP contribution in [0.15, 0.2) is 30.5 Å². The van der Waals surface area contributed by atoms with E-state index in [2.05, 4.69) is 9.88 Å². The number of nitrogens with two attached hydrogens (primary N) is 1. The summed E-state index contributed by atoms with van der Waals surface area (Å²) in [6.45, 7) is 2.61. The number of anilines is 1. The maximum Gasteiger partial charge on any atom is 0.0767 e. The number of aliphatic hydroxyl groups excluding tert-OH is 1. The lowest BCUT2D eigenvalue weighted by Crippen LogP contribution is -2.37. The molecule has 100 valence electrons. The Labute approximate surface area is 112 Å². The van der Waals surface area contributed by atoms with Crippen LogP contribution in [0.5, 0.6) is 0 Å². The smallest absolute Gasteiger partial charge is 0.0767 e. The van der Waals surface area contributed by atoms with Crippen LogP contribution in [0.3, 0.4) is 0 Å². The van der Waals surface area contributed by atoms with E-state index in [0.29, 0.717) is 0 Å². The lowest BCUT2D eigenvalue weighted by atomic mass is 10.0. The van der Waals surface area contributed by atoms with E-state index in [4.69, 9.17) is 5.73 Å². The third-order valence-corrected chi connectivity index (χ3v) is 3.76. The number of β-amino-alcohol motifs (C(OH)–C–C–N with tert-alkyl or cyclic N) is 1. The maximum atomic E-state index is 9.74. The van der Waals surface area contributed by atoms with Crippen molar-refractivity contribution in [1.29, 1.82) is 0 Å². The van der Waals surface area contributed by atoms with Crippen LogP contribution in [0.4, 0.5) is 5.69 Å². The molecule has 2 heterocycles. The summed E-state index contributed by atoms with van der Waals surface area (Å²) in [6, 6.07) is 7.91. The molecule has 1 aromatic carbocycles. The molecule has 0 spiro atoms. The number of piperidine rings is 1. The van der Waals surface area contributed by atoms with Crippen molar-refractivity contribution in [1.82, 2.24) is 9.88 Å². The molecule has 0 bridgehead atoms. The van der Waals surface area contributed by atoms with Gasteiger partial charge in [-0.25, -0.2) is 0 Å². The van der Waals surface area contributed by atoms with Crippen molar-refractivity contribution < 1.29 is 5.11 Å². The third kappa shape index (κ3) is 2.55. The van der Waals surface area contributed by atoms with Gasteiger partial charge in [-0.05, 0) is 43.1 Å². The quantitative estimate of drug-likeness (QED) is 0.805. The molecule has 3 rings (SSSR count). The van der Waals surface area contributed by atoms with Gasteiger partial charge in [0.15, 0.2) is 0 Å². The number of nitrogen functional groups attached to an aromatic ring is 1. The molecule has 4 heteroatoms. The summed E-state index contributed by atoms with van der Waals surface area (Å²) >= 11 is 0. The Hall–Kier alpha value is -1.65. The molecular weight excluding hydrogens is 238 g/mol. The number of aromatic nitrogens is 1. The molecule has 3 N–H and O–H groups in total. The molecule has 1 aromatic heterocycles. The second-order valence-corrected chi connectivity index (χ2v) is 5.24. The van der Waals surface area contributed by atoms with E-state index in [1.54, 1.807) is 6.20 Å². The summed E-state index contributed by atoms with van der Waals surface area (Å²) in [4.78, 5) is 6.74. The fourth-order valence-corrected chi connectivity index (χ4v) is 2.80. The fourth-order valence-electron chi connectivity index (χ4n) is 2.80. The molecule has 2 aromatic rings. The van der Waals surface area contributed by atoms with E-state index in [9.17, 15) is 5.11 Å². The first kappa shape index (κ1) is 12.4. The summed E-state index contributed by atoms with van der Waals surface area (Å²) in [5.74, 6) is 0. The van der Waals surface area contributed by atoms with Crippen LogP contribution in [0.25, 0.3) is 10.9 Å². The lowest BCUT2D eigenvalue weighted by molar-refractivity contribution is 0.0670. The van der Waals surface area contributed by atoms with E-state index >= 15 is 0 Å². The molecule has 1 aliphatic rings. The third-order valence-electron chi connectivity index (χ3n) is 3.76. The SMILES string of the molecule is Nc1ccc(CN2CCCC(O)C2)c2ncccc12. The van der Waals surface area contributed by atoms with Crippen LogP contribution < -0.4 is 5.73 Å². The Balaban J connectivity index is 1.90. The summed E-state index contributed by atoms with van der Waals surface area (Å²) in [7, 11) is 0. The van der Waals surface area contributed by atoms with Crippen LogP contribution in [0.1, 0.15) is 18.4 Å². The molecule has 1 atom stereocenters. The van der Waals surface area contributed by atoms with Crippen LogP contribution in [-0.4, -0.2) is 34.2 Å². The number of fused-ring (bicyclic) bond motifs is 1. The van der Waals surface area contributed by atoms with Crippen LogP contribution >= 0.6 is 0 Å². The van der Waals surface area contributed by atoms with Gasteiger partial charge in [-0.1, -0.05) is 6.07 Å². The number of aliphatic hydroxyl groups is 1. The first-order valence-electron chi connectivity index (χ1n) is 6.76. The van der Waals surface area contributed by atoms with Crippen molar-refractivity contribution >= 4 is 16.6 Å². The van der Waals surface area contributed by atoms with E-state index in [-0.39, 0.29) is 6.10 Å². The number of nitrogens with zero attached hydrogens (tertiary/aromatic N) is 2. The number of hydrogen-bond donors (Lipinski definition) is 2. The molecule has 0 saturated carbocycles. The van der Waals surface area contributed by atoms with Crippen molar-refractivity contribution in [3.63, 3.8) is 0 Å². The van der Waals surface area contributed by atoms with Crippen LogP contribution in [-0.2, 0) is 6.54 Å². The minimum atomic E-state index is -0.193. The topological polar surface area (TPSA) is 62.4 Å². The van der Waals surface area contributed by atoms with Gasteiger partial charge in [-0.3, -0.25) is 9.88 Å². The second kappa shape index (κ2) is 5.15. The Morgan fingerprint density at radius 2 is 2.26 bits per heavy atom. The Morgan fingerprint density at radius 3 is 3.11 bits per heavy atom. The highest BCUT2D eigenvalue weighted by Gasteiger charge is 2.18. The van der Waals surface area contributed by atoms with Crippen LogP contribution in [0.2, 0.25) is 0 Å². The highest BCUT2D eigenvalue weighted by atomic mass is 16.3. The van der Waals surface area contributed by atoms with Crippen LogP contribution in [0, 0.1) is 0 Å². The fraction of sp³-hybridized carbons (Fsp3) is 0.400. The van der Waals surface area contributed by atoms with Crippen molar-refractivity contribution in [3.8, 4) is 0 Å². The van der Waals surface area contributed by atoms with Crippen molar-refractivity contribution in [2.24, 2.45) is 0 Å². The van der Waals surface area contributed by atoms with Gasteiger partial charge in [0.2, 0.25) is 0 Å². The average Bonchev–Trinajstić information content (AvgIpc) is 2.42. The maximum absolute atomic E-state index is 9.74. The van der Waals surface area contributed by atoms with Crippen molar-refractivity contribution in [2.75, 3.05) is 18.8 Å². The molecule has 1 aliphatic heterocycles. The number of hydrogen-bond acceptors (Lipinski definition) is 4. The highest BCUT2D eigenvalue weighted by molar-refractivity contribution is 5.92. The van der Waals surface area contributed by atoms with Gasteiger partial charge >= 0.3 is 0 Å². The minimum absolute atomic E-state index is 0.193. The molecule has 0 aliphatic carbocycles. The molecule has 1 saturated heterocycles. The van der Waals surface area contributed by atoms with Gasteiger partial charge in [0, 0.05) is 30.4 Å². The number of benzene rings is 1. The van der Waals surface area contributed by atoms with Crippen molar-refractivity contribution in [3.05, 3.63) is 36.0 Å². The zero-order chi connectivity index (χ0) is 13.2. The predicted octanol–water partition coefficient (Wildman–Crippen LogP) is 1.77. The molecule has 0 radical (unpaired) electrons. The Morgan fingerprint density at radius 1 is 1.37 bits per heavy atom. The van der Waals surface area contributed by atoms with Gasteiger partial charge < -0.3 is 10.8 Å². The minimum Gasteiger partial charge on any atom is -0.398 e. The molecule has 1 fully saturated rings. The Kier molecular flexibility index (Phi) is 3.36. The average molecular weight is 257 g/mol. The van der Waals surface area contributed by atoms with E-state index in [1.807, 2.05) is 24.3 Å². The summed E-state index contributed by atoms with van der Waals surface area (Å²) < 4.78 is 0. The van der Waals surface area contributed by atoms with Gasteiger partial charge in [0.1, 0.15) is 0 Å². The molecule has 4 nitrogen and oxygen atoms in total. The molecule has 19 heavy (non-hydrogen) atoms. The predicted molar refractivity (Wildman–Crippen MR) is 76.7 cm³/mol.